The SMILES string of the molecule is CNC(=O)OCc1nc(N(C)C(C)C)cc2c1C(C(C)(C)C)N(c1cccc(-c3nnc4n3CC(C)(C)C4)n1)C2=O. The fourth-order valence-corrected chi connectivity index (χ4v) is 5.68. The highest BCUT2D eigenvalue weighted by Crippen LogP contribution is 2.49. The second kappa shape index (κ2) is 10.1. The number of rotatable bonds is 6. The summed E-state index contributed by atoms with van der Waals surface area (Å²) in [6, 6.07) is 7.26. The number of hydrogen-bond donors (Lipinski definition) is 1. The highest BCUT2D eigenvalue weighted by molar-refractivity contribution is 6.11. The molecule has 0 aromatic carbocycles. The predicted molar refractivity (Wildman–Crippen MR) is 157 cm³/mol. The number of aromatic nitrogens is 5. The Morgan fingerprint density at radius 2 is 1.95 bits per heavy atom. The number of hydrogen-bond acceptors (Lipinski definition) is 8. The van der Waals surface area contributed by atoms with E-state index in [-0.39, 0.29) is 24.0 Å². The fraction of sp³-hybridized carbons (Fsp3) is 0.533. The third-order valence-corrected chi connectivity index (χ3v) is 7.87. The quantitative estimate of drug-likeness (QED) is 0.458. The number of nitrogens with one attached hydrogen (secondary N) is 1. The number of fused-ring (bicyclic) bond motifs is 2. The molecule has 0 saturated carbocycles. The molecule has 0 saturated heterocycles. The molecule has 0 radical (unpaired) electrons. The van der Waals surface area contributed by atoms with Crippen molar-refractivity contribution in [3.05, 3.63) is 46.9 Å². The zero-order valence-electron chi connectivity index (χ0n) is 25.4. The number of amides is 2. The Kier molecular flexibility index (Phi) is 7.03. The minimum atomic E-state index is -0.560. The minimum Gasteiger partial charge on any atom is -0.443 e. The number of carbonyl (C=O) groups is 2. The number of carbonyl (C=O) groups excluding carboxylic acids is 2. The van der Waals surface area contributed by atoms with Crippen LogP contribution in [0.2, 0.25) is 0 Å². The Morgan fingerprint density at radius 3 is 2.61 bits per heavy atom. The van der Waals surface area contributed by atoms with Crippen molar-refractivity contribution < 1.29 is 14.3 Å². The van der Waals surface area contributed by atoms with Gasteiger partial charge in [0.15, 0.2) is 5.82 Å². The van der Waals surface area contributed by atoms with Crippen LogP contribution >= 0.6 is 0 Å². The molecule has 41 heavy (non-hydrogen) atoms. The predicted octanol–water partition coefficient (Wildman–Crippen LogP) is 4.77. The molecule has 5 heterocycles. The van der Waals surface area contributed by atoms with E-state index >= 15 is 0 Å². The topological polar surface area (TPSA) is 118 Å². The summed E-state index contributed by atoms with van der Waals surface area (Å²) in [7, 11) is 3.45. The Morgan fingerprint density at radius 1 is 1.22 bits per heavy atom. The molecule has 11 heteroatoms. The second-order valence-corrected chi connectivity index (χ2v) is 13.1. The van der Waals surface area contributed by atoms with Crippen molar-refractivity contribution in [2.24, 2.45) is 10.8 Å². The first-order valence-corrected chi connectivity index (χ1v) is 14.1. The van der Waals surface area contributed by atoms with Crippen LogP contribution in [0.3, 0.4) is 0 Å². The lowest BCUT2D eigenvalue weighted by Crippen LogP contribution is -2.36. The van der Waals surface area contributed by atoms with E-state index in [0.717, 1.165) is 24.4 Å². The molecule has 218 valence electrons. The van der Waals surface area contributed by atoms with E-state index in [4.69, 9.17) is 14.7 Å². The van der Waals surface area contributed by atoms with Gasteiger partial charge in [-0.05, 0) is 42.9 Å². The maximum Gasteiger partial charge on any atom is 0.407 e. The molecule has 0 spiro atoms. The maximum absolute atomic E-state index is 14.3. The first-order valence-electron chi connectivity index (χ1n) is 14.1. The third-order valence-electron chi connectivity index (χ3n) is 7.87. The molecule has 1 unspecified atom stereocenters. The van der Waals surface area contributed by atoms with Gasteiger partial charge in [-0.15, -0.1) is 10.2 Å². The molecule has 2 aliphatic rings. The molecule has 1 atom stereocenters. The Hall–Kier alpha value is -4.02. The second-order valence-electron chi connectivity index (χ2n) is 13.1. The molecule has 1 N–H and O–H groups in total. The van der Waals surface area contributed by atoms with Gasteiger partial charge in [0.05, 0.1) is 17.3 Å². The van der Waals surface area contributed by atoms with Crippen molar-refractivity contribution in [3.8, 4) is 11.5 Å². The molecule has 0 bridgehead atoms. The van der Waals surface area contributed by atoms with Crippen molar-refractivity contribution >= 4 is 23.6 Å². The van der Waals surface area contributed by atoms with Gasteiger partial charge in [-0.2, -0.15) is 0 Å². The van der Waals surface area contributed by atoms with Gasteiger partial charge in [0.1, 0.15) is 29.8 Å². The van der Waals surface area contributed by atoms with Crippen LogP contribution in [-0.2, 0) is 24.3 Å². The van der Waals surface area contributed by atoms with E-state index in [9.17, 15) is 9.59 Å². The third kappa shape index (κ3) is 5.13. The monoisotopic (exact) mass is 560 g/mol. The van der Waals surface area contributed by atoms with Crippen molar-refractivity contribution in [3.63, 3.8) is 0 Å². The van der Waals surface area contributed by atoms with Crippen LogP contribution in [0.5, 0.6) is 0 Å². The molecule has 0 aliphatic carbocycles. The van der Waals surface area contributed by atoms with Crippen LogP contribution in [-0.4, -0.2) is 56.9 Å². The van der Waals surface area contributed by atoms with Crippen LogP contribution in [0.4, 0.5) is 16.4 Å². The first-order chi connectivity index (χ1) is 19.2. The summed E-state index contributed by atoms with van der Waals surface area (Å²) in [6.07, 6.45) is 0.294. The number of alkyl carbamates (subject to hydrolysis) is 1. The minimum absolute atomic E-state index is 0.0649. The molecule has 3 aromatic heterocycles. The Balaban J connectivity index is 1.63. The molecule has 2 amide bonds. The number of nitrogens with zero attached hydrogens (tertiary/aromatic N) is 7. The van der Waals surface area contributed by atoms with E-state index in [2.05, 4.69) is 68.5 Å². The molecule has 0 fully saturated rings. The Bertz CT molecular complexity index is 1500. The normalized spacial score (nSPS) is 17.6. The average Bonchev–Trinajstić information content (AvgIpc) is 3.53. The maximum atomic E-state index is 14.3. The van der Waals surface area contributed by atoms with Gasteiger partial charge in [-0.3, -0.25) is 9.69 Å². The summed E-state index contributed by atoms with van der Waals surface area (Å²) >= 11 is 0. The number of pyridine rings is 2. The largest absolute Gasteiger partial charge is 0.443 e. The van der Waals surface area contributed by atoms with Crippen LogP contribution in [0.15, 0.2) is 24.3 Å². The number of ether oxygens (including phenoxy) is 1. The van der Waals surface area contributed by atoms with E-state index in [1.54, 1.807) is 4.90 Å². The summed E-state index contributed by atoms with van der Waals surface area (Å²) in [5.74, 6) is 2.64. The van der Waals surface area contributed by atoms with Gasteiger partial charge in [-0.25, -0.2) is 14.8 Å². The lowest BCUT2D eigenvalue weighted by molar-refractivity contribution is 0.0976. The standard InChI is InChI=1S/C30H40N8O3/c1-17(2)36(9)22-13-18-24(20(33-22)15-41-28(40)31-8)25(29(3,4)5)38(27(18)39)21-12-10-11-19(32-21)26-35-34-23-14-30(6,7)16-37(23)26/h10-13,17,25H,14-16H2,1-9H3,(H,31,40). The molecule has 2 aliphatic heterocycles. The van der Waals surface area contributed by atoms with Gasteiger partial charge >= 0.3 is 6.09 Å². The van der Waals surface area contributed by atoms with Gasteiger partial charge in [-0.1, -0.05) is 40.7 Å². The highest BCUT2D eigenvalue weighted by Gasteiger charge is 2.47. The summed E-state index contributed by atoms with van der Waals surface area (Å²) in [6.45, 7) is 15.5. The first kappa shape index (κ1) is 28.5. The summed E-state index contributed by atoms with van der Waals surface area (Å²) in [5.41, 5.74) is 2.21. The molecule has 5 rings (SSSR count). The van der Waals surface area contributed by atoms with Crippen molar-refractivity contribution in [2.75, 3.05) is 23.9 Å². The molecular weight excluding hydrogens is 520 g/mol. The average molecular weight is 561 g/mol. The molecular formula is C30H40N8O3. The van der Waals surface area contributed by atoms with Crippen molar-refractivity contribution in [1.82, 2.24) is 30.0 Å². The smallest absolute Gasteiger partial charge is 0.407 e. The lowest BCUT2D eigenvalue weighted by Gasteiger charge is -2.35. The van der Waals surface area contributed by atoms with E-state index in [1.165, 1.54) is 7.05 Å². The van der Waals surface area contributed by atoms with Crippen LogP contribution in [0.1, 0.15) is 81.9 Å². The summed E-state index contributed by atoms with van der Waals surface area (Å²) in [5, 5.41) is 11.4. The zero-order chi connectivity index (χ0) is 29.9. The summed E-state index contributed by atoms with van der Waals surface area (Å²) in [4.78, 5) is 40.0. The van der Waals surface area contributed by atoms with E-state index < -0.39 is 17.6 Å². The van der Waals surface area contributed by atoms with Crippen LogP contribution in [0, 0.1) is 10.8 Å². The molecule has 11 nitrogen and oxygen atoms in total. The number of anilines is 2. The lowest BCUT2D eigenvalue weighted by atomic mass is 9.81. The Labute approximate surface area is 241 Å². The summed E-state index contributed by atoms with van der Waals surface area (Å²) < 4.78 is 7.59. The van der Waals surface area contributed by atoms with Gasteiger partial charge in [0.25, 0.3) is 5.91 Å². The van der Waals surface area contributed by atoms with E-state index in [1.807, 2.05) is 36.2 Å². The van der Waals surface area contributed by atoms with Crippen LogP contribution < -0.4 is 15.1 Å². The van der Waals surface area contributed by atoms with Crippen LogP contribution in [0.25, 0.3) is 11.5 Å². The van der Waals surface area contributed by atoms with Gasteiger partial charge < -0.3 is 19.5 Å². The van der Waals surface area contributed by atoms with E-state index in [0.29, 0.717) is 34.4 Å². The van der Waals surface area contributed by atoms with Gasteiger partial charge in [0.2, 0.25) is 0 Å². The molecule has 3 aromatic rings. The van der Waals surface area contributed by atoms with Crippen molar-refractivity contribution in [2.45, 2.75) is 80.1 Å². The zero-order valence-corrected chi connectivity index (χ0v) is 25.4. The highest BCUT2D eigenvalue weighted by atomic mass is 16.5. The fourth-order valence-electron chi connectivity index (χ4n) is 5.68. The van der Waals surface area contributed by atoms with Gasteiger partial charge in [0, 0.05) is 38.7 Å². The van der Waals surface area contributed by atoms with Crippen molar-refractivity contribution in [1.29, 1.82) is 0 Å².